The zero-order chi connectivity index (χ0) is 19.6. The summed E-state index contributed by atoms with van der Waals surface area (Å²) in [5.41, 5.74) is -0.669. The number of benzene rings is 1. The first-order chi connectivity index (χ1) is 12.8. The lowest BCUT2D eigenvalue weighted by molar-refractivity contribution is -0.129. The van der Waals surface area contributed by atoms with E-state index in [9.17, 15) is 14.3 Å². The monoisotopic (exact) mass is 379 g/mol. The molecule has 0 heterocycles. The van der Waals surface area contributed by atoms with Gasteiger partial charge in [-0.05, 0) is 57.6 Å². The van der Waals surface area contributed by atoms with Gasteiger partial charge in [-0.1, -0.05) is 0 Å². The van der Waals surface area contributed by atoms with E-state index in [4.69, 9.17) is 9.47 Å². The molecule has 27 heavy (non-hydrogen) atoms. The average molecular weight is 379 g/mol. The van der Waals surface area contributed by atoms with Gasteiger partial charge in [-0.25, -0.2) is 4.39 Å². The minimum atomic E-state index is -0.669. The van der Waals surface area contributed by atoms with Crippen molar-refractivity contribution in [1.29, 1.82) is 0 Å². The number of halogens is 1. The molecule has 0 bridgehead atoms. The predicted molar refractivity (Wildman–Crippen MR) is 100 cm³/mol. The third-order valence-electron chi connectivity index (χ3n) is 5.96. The molecule has 5 nitrogen and oxygen atoms in total. The summed E-state index contributed by atoms with van der Waals surface area (Å²) in [7, 11) is 1.52. The van der Waals surface area contributed by atoms with E-state index in [1.165, 1.54) is 19.2 Å². The Kier molecular flexibility index (Phi) is 5.94. The highest BCUT2D eigenvalue weighted by Crippen LogP contribution is 2.36. The van der Waals surface area contributed by atoms with Crippen molar-refractivity contribution in [3.8, 4) is 11.5 Å². The standard InChI is InChI=1S/C21H30FNO4/c1-21(2,25)14-6-4-13(5-7-14)20(24)23-16-11-17(12-16)27-19-10-15(22)8-9-18(19)26-3/h8-10,13-14,16-17,25H,4-7,11-12H2,1-3H3,(H,23,24)/t13-,14-,16-,17-. The van der Waals surface area contributed by atoms with E-state index < -0.39 is 5.60 Å². The van der Waals surface area contributed by atoms with Gasteiger partial charge in [0.15, 0.2) is 11.5 Å². The van der Waals surface area contributed by atoms with Crippen molar-refractivity contribution in [2.45, 2.75) is 70.1 Å². The summed E-state index contributed by atoms with van der Waals surface area (Å²) >= 11 is 0. The molecule has 0 spiro atoms. The van der Waals surface area contributed by atoms with Gasteiger partial charge in [-0.15, -0.1) is 0 Å². The molecule has 1 aromatic carbocycles. The fraction of sp³-hybridized carbons (Fsp3) is 0.667. The number of carbonyl (C=O) groups excluding carboxylic acids is 1. The molecule has 0 aromatic heterocycles. The minimum Gasteiger partial charge on any atom is -0.493 e. The third-order valence-corrected chi connectivity index (χ3v) is 5.96. The van der Waals surface area contributed by atoms with E-state index in [1.54, 1.807) is 6.07 Å². The van der Waals surface area contributed by atoms with Crippen LogP contribution in [0.5, 0.6) is 11.5 Å². The average Bonchev–Trinajstić information content (AvgIpc) is 2.59. The molecule has 3 rings (SSSR count). The van der Waals surface area contributed by atoms with Crippen molar-refractivity contribution in [3.05, 3.63) is 24.0 Å². The summed E-state index contributed by atoms with van der Waals surface area (Å²) in [6.45, 7) is 3.69. The van der Waals surface area contributed by atoms with E-state index in [-0.39, 0.29) is 35.7 Å². The molecule has 1 amide bonds. The fourth-order valence-electron chi connectivity index (χ4n) is 4.08. The second-order valence-corrected chi connectivity index (χ2v) is 8.41. The molecule has 0 unspecified atom stereocenters. The Labute approximate surface area is 160 Å². The van der Waals surface area contributed by atoms with E-state index in [2.05, 4.69) is 5.32 Å². The number of hydrogen-bond acceptors (Lipinski definition) is 4. The second-order valence-electron chi connectivity index (χ2n) is 8.41. The molecule has 0 radical (unpaired) electrons. The van der Waals surface area contributed by atoms with Crippen molar-refractivity contribution >= 4 is 5.91 Å². The van der Waals surface area contributed by atoms with E-state index >= 15 is 0 Å². The van der Waals surface area contributed by atoms with E-state index in [0.717, 1.165) is 25.7 Å². The maximum Gasteiger partial charge on any atom is 0.223 e. The Bertz CT molecular complexity index is 659. The molecule has 0 saturated heterocycles. The van der Waals surface area contributed by atoms with Crippen LogP contribution in [0.15, 0.2) is 18.2 Å². The number of carbonyl (C=O) groups is 1. The first kappa shape index (κ1) is 19.9. The number of rotatable bonds is 6. The number of amides is 1. The van der Waals surface area contributed by atoms with E-state index in [1.807, 2.05) is 13.8 Å². The van der Waals surface area contributed by atoms with Gasteiger partial charge in [0, 0.05) is 30.9 Å². The van der Waals surface area contributed by atoms with Crippen LogP contribution in [-0.2, 0) is 4.79 Å². The summed E-state index contributed by atoms with van der Waals surface area (Å²) in [6, 6.07) is 4.31. The van der Waals surface area contributed by atoms with Crippen LogP contribution in [0.25, 0.3) is 0 Å². The van der Waals surface area contributed by atoms with Crippen LogP contribution in [0, 0.1) is 17.7 Å². The maximum absolute atomic E-state index is 13.4. The van der Waals surface area contributed by atoms with Crippen LogP contribution in [-0.4, -0.2) is 35.9 Å². The van der Waals surface area contributed by atoms with Crippen LogP contribution in [0.1, 0.15) is 52.4 Å². The molecule has 2 fully saturated rings. The largest absolute Gasteiger partial charge is 0.493 e. The van der Waals surface area contributed by atoms with Gasteiger partial charge in [0.2, 0.25) is 5.91 Å². The number of methoxy groups -OCH3 is 1. The van der Waals surface area contributed by atoms with Crippen LogP contribution in [0.2, 0.25) is 0 Å². The zero-order valence-corrected chi connectivity index (χ0v) is 16.3. The lowest BCUT2D eigenvalue weighted by Crippen LogP contribution is -2.51. The molecule has 150 valence electrons. The fourth-order valence-corrected chi connectivity index (χ4v) is 4.08. The molecule has 1 aromatic rings. The van der Waals surface area contributed by atoms with Gasteiger partial charge in [0.05, 0.1) is 12.7 Å². The van der Waals surface area contributed by atoms with Crippen molar-refractivity contribution in [2.24, 2.45) is 11.8 Å². The quantitative estimate of drug-likeness (QED) is 0.795. The Balaban J connectivity index is 1.42. The van der Waals surface area contributed by atoms with Gasteiger partial charge in [0.1, 0.15) is 11.9 Å². The summed E-state index contributed by atoms with van der Waals surface area (Å²) in [5.74, 6) is 0.952. The van der Waals surface area contributed by atoms with Gasteiger partial charge in [-0.3, -0.25) is 4.79 Å². The molecule has 2 saturated carbocycles. The topological polar surface area (TPSA) is 67.8 Å². The molecule has 6 heteroatoms. The van der Waals surface area contributed by atoms with Gasteiger partial charge in [-0.2, -0.15) is 0 Å². The molecule has 2 aliphatic carbocycles. The minimum absolute atomic E-state index is 0.0341. The first-order valence-corrected chi connectivity index (χ1v) is 9.79. The summed E-state index contributed by atoms with van der Waals surface area (Å²) < 4.78 is 24.4. The predicted octanol–water partition coefficient (Wildman–Crippen LogP) is 3.44. The lowest BCUT2D eigenvalue weighted by Gasteiger charge is -2.38. The van der Waals surface area contributed by atoms with Crippen molar-refractivity contribution < 1.29 is 23.8 Å². The van der Waals surface area contributed by atoms with Gasteiger partial charge >= 0.3 is 0 Å². The van der Waals surface area contributed by atoms with Crippen molar-refractivity contribution in [2.75, 3.05) is 7.11 Å². The molecular weight excluding hydrogens is 349 g/mol. The Hall–Kier alpha value is -1.82. The molecule has 0 atom stereocenters. The van der Waals surface area contributed by atoms with Crippen molar-refractivity contribution in [1.82, 2.24) is 5.32 Å². The smallest absolute Gasteiger partial charge is 0.223 e. The van der Waals surface area contributed by atoms with Crippen molar-refractivity contribution in [3.63, 3.8) is 0 Å². The molecule has 0 aliphatic heterocycles. The second kappa shape index (κ2) is 8.05. The Morgan fingerprint density at radius 3 is 2.44 bits per heavy atom. The molecular formula is C21H30FNO4. The van der Waals surface area contributed by atoms with Crippen LogP contribution < -0.4 is 14.8 Å². The highest BCUT2D eigenvalue weighted by atomic mass is 19.1. The SMILES string of the molecule is COc1ccc(F)cc1O[C@H]1C[C@H](NC(=O)[C@H]2CC[C@H](C(C)(C)O)CC2)C1. The highest BCUT2D eigenvalue weighted by Gasteiger charge is 2.37. The number of ether oxygens (including phenoxy) is 2. The van der Waals surface area contributed by atoms with Crippen LogP contribution in [0.4, 0.5) is 4.39 Å². The number of aliphatic hydroxyl groups is 1. The molecule has 2 N–H and O–H groups in total. The normalized spacial score (nSPS) is 28.2. The van der Waals surface area contributed by atoms with Crippen LogP contribution in [0.3, 0.4) is 0 Å². The lowest BCUT2D eigenvalue weighted by atomic mass is 9.74. The zero-order valence-electron chi connectivity index (χ0n) is 16.3. The van der Waals surface area contributed by atoms with E-state index in [0.29, 0.717) is 24.3 Å². The number of hydrogen-bond donors (Lipinski definition) is 2. The maximum atomic E-state index is 13.4. The first-order valence-electron chi connectivity index (χ1n) is 9.79. The Morgan fingerprint density at radius 1 is 1.19 bits per heavy atom. The third kappa shape index (κ3) is 4.92. The summed E-state index contributed by atoms with van der Waals surface area (Å²) in [6.07, 6.45) is 4.81. The van der Waals surface area contributed by atoms with Gasteiger partial charge in [0.25, 0.3) is 0 Å². The summed E-state index contributed by atoms with van der Waals surface area (Å²) in [5, 5.41) is 13.2. The highest BCUT2D eigenvalue weighted by molar-refractivity contribution is 5.79. The molecule has 2 aliphatic rings. The number of nitrogens with one attached hydrogen (secondary N) is 1. The van der Waals surface area contributed by atoms with Gasteiger partial charge < -0.3 is 19.9 Å². The summed E-state index contributed by atoms with van der Waals surface area (Å²) in [4.78, 5) is 12.5. The Morgan fingerprint density at radius 2 is 1.85 bits per heavy atom. The van der Waals surface area contributed by atoms with Crippen LogP contribution >= 0.6 is 0 Å².